The third-order valence-electron chi connectivity index (χ3n) is 2.66. The van der Waals surface area contributed by atoms with Gasteiger partial charge in [0.15, 0.2) is 0 Å². The van der Waals surface area contributed by atoms with Crippen LogP contribution >= 0.6 is 0 Å². The maximum atomic E-state index is 10.1. The molecule has 108 valence electrons. The van der Waals surface area contributed by atoms with Crippen molar-refractivity contribution in [1.29, 1.82) is 5.26 Å². The molecular formula is C14H15N5O2. The van der Waals surface area contributed by atoms with Crippen LogP contribution in [0.5, 0.6) is 11.5 Å². The number of nitrogens with two attached hydrogens (primary N) is 2. The summed E-state index contributed by atoms with van der Waals surface area (Å²) < 4.78 is 5.48. The number of ether oxygens (including phenoxy) is 1. The highest BCUT2D eigenvalue weighted by Crippen LogP contribution is 2.34. The molecule has 7 nitrogen and oxygen atoms in total. The monoisotopic (exact) mass is 285 g/mol. The number of aromatic nitrogens is 2. The zero-order valence-corrected chi connectivity index (χ0v) is 11.7. The molecule has 0 atom stereocenters. The van der Waals surface area contributed by atoms with Gasteiger partial charge in [0.1, 0.15) is 28.9 Å². The standard InChI is InChI=1S/C14H15N5O2/c1-7(2)21-8-3-4-9(11(20)5-8)12-10(6-15)13(16)19-14(17)18-12/h3-5,7,20H,1-2H3,(H4,16,17,18,19). The third-order valence-corrected chi connectivity index (χ3v) is 2.66. The van der Waals surface area contributed by atoms with Gasteiger partial charge in [-0.3, -0.25) is 0 Å². The van der Waals surface area contributed by atoms with Crippen molar-refractivity contribution in [2.75, 3.05) is 11.5 Å². The summed E-state index contributed by atoms with van der Waals surface area (Å²) in [6.45, 7) is 3.76. The van der Waals surface area contributed by atoms with Gasteiger partial charge >= 0.3 is 0 Å². The molecular weight excluding hydrogens is 270 g/mol. The van der Waals surface area contributed by atoms with Crippen molar-refractivity contribution in [2.24, 2.45) is 0 Å². The highest BCUT2D eigenvalue weighted by molar-refractivity contribution is 5.77. The molecule has 2 aromatic rings. The lowest BCUT2D eigenvalue weighted by Gasteiger charge is -2.12. The topological polar surface area (TPSA) is 131 Å². The van der Waals surface area contributed by atoms with Crippen LogP contribution in [0, 0.1) is 11.3 Å². The quantitative estimate of drug-likeness (QED) is 0.781. The average molecular weight is 285 g/mol. The molecule has 7 heteroatoms. The predicted octanol–water partition coefficient (Wildman–Crippen LogP) is 1.67. The van der Waals surface area contributed by atoms with Gasteiger partial charge < -0.3 is 21.3 Å². The first-order valence-electron chi connectivity index (χ1n) is 6.25. The number of nitrogens with zero attached hydrogens (tertiary/aromatic N) is 3. The lowest BCUT2D eigenvalue weighted by atomic mass is 10.1. The van der Waals surface area contributed by atoms with Crippen molar-refractivity contribution in [1.82, 2.24) is 9.97 Å². The second-order valence-corrected chi connectivity index (χ2v) is 4.65. The van der Waals surface area contributed by atoms with Crippen LogP contribution in [0.1, 0.15) is 19.4 Å². The fourth-order valence-electron chi connectivity index (χ4n) is 1.86. The summed E-state index contributed by atoms with van der Waals surface area (Å²) in [5, 5.41) is 19.3. The van der Waals surface area contributed by atoms with Crippen LogP contribution in [0.3, 0.4) is 0 Å². The largest absolute Gasteiger partial charge is 0.507 e. The van der Waals surface area contributed by atoms with Crippen molar-refractivity contribution in [2.45, 2.75) is 20.0 Å². The van der Waals surface area contributed by atoms with Gasteiger partial charge in [0.25, 0.3) is 0 Å². The SMILES string of the molecule is CC(C)Oc1ccc(-c2nc(N)nc(N)c2C#N)c(O)c1. The Bertz CT molecular complexity index is 722. The number of rotatable bonds is 3. The molecule has 0 aliphatic heterocycles. The number of aromatic hydroxyl groups is 1. The first kappa shape index (κ1) is 14.4. The molecule has 0 aliphatic rings. The molecule has 0 unspecified atom stereocenters. The van der Waals surface area contributed by atoms with E-state index in [1.54, 1.807) is 12.1 Å². The fraction of sp³-hybridized carbons (Fsp3) is 0.214. The molecule has 0 saturated heterocycles. The number of phenolic OH excluding ortho intramolecular Hbond substituents is 1. The highest BCUT2D eigenvalue weighted by Gasteiger charge is 2.16. The van der Waals surface area contributed by atoms with Gasteiger partial charge in [-0.15, -0.1) is 0 Å². The number of hydrogen-bond donors (Lipinski definition) is 3. The number of nitriles is 1. The van der Waals surface area contributed by atoms with E-state index >= 15 is 0 Å². The van der Waals surface area contributed by atoms with E-state index in [-0.39, 0.29) is 34.9 Å². The Morgan fingerprint density at radius 1 is 1.29 bits per heavy atom. The number of phenols is 1. The van der Waals surface area contributed by atoms with Crippen LogP contribution in [0.25, 0.3) is 11.3 Å². The molecule has 0 radical (unpaired) electrons. The molecule has 0 saturated carbocycles. The van der Waals surface area contributed by atoms with Crippen LogP contribution in [-0.4, -0.2) is 21.2 Å². The minimum atomic E-state index is -0.0813. The van der Waals surface area contributed by atoms with E-state index in [0.29, 0.717) is 11.3 Å². The van der Waals surface area contributed by atoms with E-state index in [2.05, 4.69) is 9.97 Å². The van der Waals surface area contributed by atoms with Crippen LogP contribution in [-0.2, 0) is 0 Å². The molecule has 0 fully saturated rings. The lowest BCUT2D eigenvalue weighted by Crippen LogP contribution is -2.06. The second kappa shape index (κ2) is 5.54. The number of anilines is 2. The molecule has 0 amide bonds. The van der Waals surface area contributed by atoms with Crippen molar-refractivity contribution >= 4 is 11.8 Å². The molecule has 0 bridgehead atoms. The van der Waals surface area contributed by atoms with Crippen LogP contribution < -0.4 is 16.2 Å². The Morgan fingerprint density at radius 3 is 2.57 bits per heavy atom. The van der Waals surface area contributed by atoms with Gasteiger partial charge in [-0.1, -0.05) is 0 Å². The first-order chi connectivity index (χ1) is 9.92. The molecule has 1 heterocycles. The minimum Gasteiger partial charge on any atom is -0.507 e. The Morgan fingerprint density at radius 2 is 2.00 bits per heavy atom. The summed E-state index contributed by atoms with van der Waals surface area (Å²) in [4.78, 5) is 7.72. The van der Waals surface area contributed by atoms with Gasteiger partial charge in [-0.25, -0.2) is 4.98 Å². The van der Waals surface area contributed by atoms with Crippen molar-refractivity contribution in [3.8, 4) is 28.8 Å². The first-order valence-corrected chi connectivity index (χ1v) is 6.25. The molecule has 21 heavy (non-hydrogen) atoms. The molecule has 2 rings (SSSR count). The summed E-state index contributed by atoms with van der Waals surface area (Å²) in [5.41, 5.74) is 11.8. The van der Waals surface area contributed by atoms with Crippen LogP contribution in [0.2, 0.25) is 0 Å². The fourth-order valence-corrected chi connectivity index (χ4v) is 1.86. The molecule has 5 N–H and O–H groups in total. The number of nitrogen functional groups attached to an aromatic ring is 2. The Kier molecular flexibility index (Phi) is 3.80. The lowest BCUT2D eigenvalue weighted by molar-refractivity contribution is 0.241. The van der Waals surface area contributed by atoms with E-state index in [9.17, 15) is 5.11 Å². The van der Waals surface area contributed by atoms with E-state index in [4.69, 9.17) is 21.5 Å². The number of benzene rings is 1. The van der Waals surface area contributed by atoms with E-state index in [0.717, 1.165) is 0 Å². The second-order valence-electron chi connectivity index (χ2n) is 4.65. The third kappa shape index (κ3) is 2.95. The maximum absolute atomic E-state index is 10.1. The maximum Gasteiger partial charge on any atom is 0.222 e. The average Bonchev–Trinajstić information content (AvgIpc) is 2.37. The summed E-state index contributed by atoms with van der Waals surface area (Å²) >= 11 is 0. The zero-order chi connectivity index (χ0) is 15.6. The predicted molar refractivity (Wildman–Crippen MR) is 78.4 cm³/mol. The Balaban J connectivity index is 2.55. The molecule has 0 spiro atoms. The van der Waals surface area contributed by atoms with Gasteiger partial charge in [0, 0.05) is 11.6 Å². The van der Waals surface area contributed by atoms with Crippen molar-refractivity contribution < 1.29 is 9.84 Å². The van der Waals surface area contributed by atoms with Gasteiger partial charge in [0.05, 0.1) is 11.8 Å². The van der Waals surface area contributed by atoms with E-state index in [1.165, 1.54) is 6.07 Å². The molecule has 1 aromatic carbocycles. The van der Waals surface area contributed by atoms with E-state index < -0.39 is 0 Å². The highest BCUT2D eigenvalue weighted by atomic mass is 16.5. The van der Waals surface area contributed by atoms with Gasteiger partial charge in [-0.2, -0.15) is 10.2 Å². The molecule has 0 aliphatic carbocycles. The summed E-state index contributed by atoms with van der Waals surface area (Å²) in [6.07, 6.45) is -0.0183. The van der Waals surface area contributed by atoms with Gasteiger partial charge in [-0.05, 0) is 26.0 Å². The normalized spacial score (nSPS) is 10.4. The van der Waals surface area contributed by atoms with Gasteiger partial charge in [0.2, 0.25) is 5.95 Å². The summed E-state index contributed by atoms with van der Waals surface area (Å²) in [5.74, 6) is 0.340. The van der Waals surface area contributed by atoms with E-state index in [1.807, 2.05) is 19.9 Å². The van der Waals surface area contributed by atoms with Crippen LogP contribution in [0.15, 0.2) is 18.2 Å². The molecule has 1 aromatic heterocycles. The Hall–Kier alpha value is -3.01. The minimum absolute atomic E-state index is 0.0183. The smallest absolute Gasteiger partial charge is 0.222 e. The van der Waals surface area contributed by atoms with Crippen molar-refractivity contribution in [3.05, 3.63) is 23.8 Å². The summed E-state index contributed by atoms with van der Waals surface area (Å²) in [7, 11) is 0. The van der Waals surface area contributed by atoms with Crippen LogP contribution in [0.4, 0.5) is 11.8 Å². The van der Waals surface area contributed by atoms with Crippen molar-refractivity contribution in [3.63, 3.8) is 0 Å². The number of hydrogen-bond acceptors (Lipinski definition) is 7. The summed E-state index contributed by atoms with van der Waals surface area (Å²) in [6, 6.07) is 6.63. The Labute approximate surface area is 121 Å². The zero-order valence-electron chi connectivity index (χ0n) is 11.7.